The highest BCUT2D eigenvalue weighted by molar-refractivity contribution is 5.54. The Bertz CT molecular complexity index is 717. The van der Waals surface area contributed by atoms with E-state index < -0.39 is 0 Å². The van der Waals surface area contributed by atoms with Crippen LogP contribution in [0.5, 0.6) is 0 Å². The van der Waals surface area contributed by atoms with Gasteiger partial charge in [0.2, 0.25) is 0 Å². The molecule has 1 heterocycles. The molecule has 0 aliphatic heterocycles. The molecule has 5 heteroatoms. The van der Waals surface area contributed by atoms with Gasteiger partial charge in [0, 0.05) is 12.2 Å². The summed E-state index contributed by atoms with van der Waals surface area (Å²) in [6.07, 6.45) is 1.60. The summed E-state index contributed by atoms with van der Waals surface area (Å²) >= 11 is 0. The average molecular weight is 279 g/mol. The second-order valence-electron chi connectivity index (χ2n) is 5.09. The quantitative estimate of drug-likeness (QED) is 0.798. The first kappa shape index (κ1) is 13.3. The largest absolute Gasteiger partial charge is 0.381 e. The number of aryl methyl sites for hydroxylation is 2. The van der Waals surface area contributed by atoms with Crippen molar-refractivity contribution in [2.75, 3.05) is 5.32 Å². The first-order valence-electron chi connectivity index (χ1n) is 6.86. The van der Waals surface area contributed by atoms with Crippen molar-refractivity contribution < 1.29 is 0 Å². The van der Waals surface area contributed by atoms with Crippen LogP contribution < -0.4 is 5.32 Å². The van der Waals surface area contributed by atoms with Crippen LogP contribution in [0.3, 0.4) is 0 Å². The van der Waals surface area contributed by atoms with E-state index in [0.29, 0.717) is 0 Å². The zero-order valence-electron chi connectivity index (χ0n) is 12.1. The molecule has 0 atom stereocenters. The van der Waals surface area contributed by atoms with E-state index in [1.807, 2.05) is 6.92 Å². The molecule has 2 aromatic carbocycles. The lowest BCUT2D eigenvalue weighted by Crippen LogP contribution is -2.03. The molecule has 5 nitrogen and oxygen atoms in total. The Labute approximate surface area is 123 Å². The lowest BCUT2D eigenvalue weighted by Gasteiger charge is -2.10. The lowest BCUT2D eigenvalue weighted by molar-refractivity contribution is 0.785. The van der Waals surface area contributed by atoms with Crippen LogP contribution in [0, 0.1) is 13.8 Å². The Hall–Kier alpha value is -2.69. The van der Waals surface area contributed by atoms with Gasteiger partial charge in [0.1, 0.15) is 6.33 Å². The number of anilines is 1. The Balaban J connectivity index is 1.77. The maximum atomic E-state index is 3.94. The number of nitrogens with one attached hydrogen (secondary N) is 1. The topological polar surface area (TPSA) is 55.6 Å². The van der Waals surface area contributed by atoms with Crippen molar-refractivity contribution in [3.63, 3.8) is 0 Å². The number of hydrogen-bond acceptors (Lipinski definition) is 4. The molecule has 21 heavy (non-hydrogen) atoms. The molecule has 1 aromatic heterocycles. The number of benzene rings is 2. The second-order valence-corrected chi connectivity index (χ2v) is 5.09. The SMILES string of the molecule is Cc1ccc(CNc2ccc(C)c(-n3cnnn3)c2)cc1. The Kier molecular flexibility index (Phi) is 3.64. The van der Waals surface area contributed by atoms with Crippen LogP contribution in [0.4, 0.5) is 5.69 Å². The summed E-state index contributed by atoms with van der Waals surface area (Å²) in [5, 5.41) is 14.7. The van der Waals surface area contributed by atoms with Crippen LogP contribution >= 0.6 is 0 Å². The van der Waals surface area contributed by atoms with Crippen LogP contribution in [0.15, 0.2) is 48.8 Å². The van der Waals surface area contributed by atoms with Gasteiger partial charge in [-0.3, -0.25) is 0 Å². The number of hydrogen-bond donors (Lipinski definition) is 1. The van der Waals surface area contributed by atoms with Gasteiger partial charge in [-0.05, 0) is 47.5 Å². The molecule has 0 spiro atoms. The van der Waals surface area contributed by atoms with E-state index in [2.05, 4.69) is 70.2 Å². The zero-order valence-corrected chi connectivity index (χ0v) is 12.1. The predicted molar refractivity (Wildman–Crippen MR) is 82.4 cm³/mol. The fraction of sp³-hybridized carbons (Fsp3) is 0.188. The molecule has 3 aromatic rings. The van der Waals surface area contributed by atoms with Crippen molar-refractivity contribution in [2.24, 2.45) is 0 Å². The molecule has 0 bridgehead atoms. The molecule has 0 aliphatic rings. The van der Waals surface area contributed by atoms with Crippen molar-refractivity contribution >= 4 is 5.69 Å². The van der Waals surface area contributed by atoms with Gasteiger partial charge in [0.15, 0.2) is 0 Å². The highest BCUT2D eigenvalue weighted by Gasteiger charge is 2.04. The molecule has 0 radical (unpaired) electrons. The van der Waals surface area contributed by atoms with Gasteiger partial charge in [-0.15, -0.1) is 5.10 Å². The van der Waals surface area contributed by atoms with E-state index >= 15 is 0 Å². The first-order valence-corrected chi connectivity index (χ1v) is 6.86. The molecule has 0 fully saturated rings. The summed E-state index contributed by atoms with van der Waals surface area (Å²) in [4.78, 5) is 0. The highest BCUT2D eigenvalue weighted by Crippen LogP contribution is 2.19. The summed E-state index contributed by atoms with van der Waals surface area (Å²) in [6, 6.07) is 14.7. The van der Waals surface area contributed by atoms with E-state index in [-0.39, 0.29) is 0 Å². The Morgan fingerprint density at radius 1 is 1.05 bits per heavy atom. The van der Waals surface area contributed by atoms with Crippen molar-refractivity contribution in [1.82, 2.24) is 20.2 Å². The summed E-state index contributed by atoms with van der Waals surface area (Å²) in [5.41, 5.74) is 5.68. The lowest BCUT2D eigenvalue weighted by atomic mass is 10.1. The molecule has 0 saturated carbocycles. The second kappa shape index (κ2) is 5.75. The maximum Gasteiger partial charge on any atom is 0.143 e. The molecule has 106 valence electrons. The van der Waals surface area contributed by atoms with Gasteiger partial charge in [0.05, 0.1) is 5.69 Å². The molecule has 0 amide bonds. The van der Waals surface area contributed by atoms with Crippen LogP contribution in [0.1, 0.15) is 16.7 Å². The standard InChI is InChI=1S/C16H17N5/c1-12-3-6-14(7-4-12)10-17-15-8-5-13(2)16(9-15)21-11-18-19-20-21/h3-9,11,17H,10H2,1-2H3. The normalized spacial score (nSPS) is 10.6. The summed E-state index contributed by atoms with van der Waals surface area (Å²) in [5.74, 6) is 0. The van der Waals surface area contributed by atoms with Gasteiger partial charge in [-0.25, -0.2) is 4.68 Å². The van der Waals surface area contributed by atoms with Crippen LogP contribution in [0.25, 0.3) is 5.69 Å². The minimum atomic E-state index is 0.790. The molecule has 0 aliphatic carbocycles. The number of tetrazole rings is 1. The molecular weight excluding hydrogens is 262 g/mol. The minimum absolute atomic E-state index is 0.790. The fourth-order valence-electron chi connectivity index (χ4n) is 2.15. The van der Waals surface area contributed by atoms with Crippen LogP contribution in [-0.2, 0) is 6.54 Å². The maximum absolute atomic E-state index is 3.94. The van der Waals surface area contributed by atoms with Crippen molar-refractivity contribution in [3.8, 4) is 5.69 Å². The summed E-state index contributed by atoms with van der Waals surface area (Å²) in [7, 11) is 0. The van der Waals surface area contributed by atoms with E-state index in [4.69, 9.17) is 0 Å². The third-order valence-corrected chi connectivity index (χ3v) is 3.42. The minimum Gasteiger partial charge on any atom is -0.381 e. The number of aromatic nitrogens is 4. The monoisotopic (exact) mass is 279 g/mol. The van der Waals surface area contributed by atoms with Gasteiger partial charge in [-0.1, -0.05) is 35.9 Å². The smallest absolute Gasteiger partial charge is 0.143 e. The predicted octanol–water partition coefficient (Wildman–Crippen LogP) is 2.89. The average Bonchev–Trinajstić information content (AvgIpc) is 3.02. The number of rotatable bonds is 4. The Morgan fingerprint density at radius 3 is 2.57 bits per heavy atom. The van der Waals surface area contributed by atoms with Gasteiger partial charge in [0.25, 0.3) is 0 Å². The molecule has 1 N–H and O–H groups in total. The summed E-state index contributed by atoms with van der Waals surface area (Å²) < 4.78 is 1.67. The van der Waals surface area contributed by atoms with E-state index in [1.165, 1.54) is 11.1 Å². The molecule has 3 rings (SSSR count). The molecular formula is C16H17N5. The van der Waals surface area contributed by atoms with Crippen LogP contribution in [0.2, 0.25) is 0 Å². The van der Waals surface area contributed by atoms with Gasteiger partial charge in [-0.2, -0.15) is 0 Å². The van der Waals surface area contributed by atoms with Crippen molar-refractivity contribution in [3.05, 3.63) is 65.5 Å². The van der Waals surface area contributed by atoms with E-state index in [0.717, 1.165) is 23.5 Å². The fourth-order valence-corrected chi connectivity index (χ4v) is 2.15. The van der Waals surface area contributed by atoms with Crippen LogP contribution in [-0.4, -0.2) is 20.2 Å². The van der Waals surface area contributed by atoms with Crippen molar-refractivity contribution in [1.29, 1.82) is 0 Å². The van der Waals surface area contributed by atoms with Gasteiger partial charge >= 0.3 is 0 Å². The third kappa shape index (κ3) is 3.08. The zero-order chi connectivity index (χ0) is 14.7. The molecule has 0 unspecified atom stereocenters. The van der Waals surface area contributed by atoms with Gasteiger partial charge < -0.3 is 5.32 Å². The Morgan fingerprint density at radius 2 is 1.86 bits per heavy atom. The third-order valence-electron chi connectivity index (χ3n) is 3.42. The summed E-state index contributed by atoms with van der Waals surface area (Å²) in [6.45, 7) is 4.93. The number of nitrogens with zero attached hydrogens (tertiary/aromatic N) is 4. The van der Waals surface area contributed by atoms with Crippen molar-refractivity contribution in [2.45, 2.75) is 20.4 Å². The molecule has 0 saturated heterocycles. The first-order chi connectivity index (χ1) is 10.2. The highest BCUT2D eigenvalue weighted by atomic mass is 15.5. The van der Waals surface area contributed by atoms with E-state index in [1.54, 1.807) is 11.0 Å². The van der Waals surface area contributed by atoms with E-state index in [9.17, 15) is 0 Å².